The molecular formula is C9H4Cl2F6. The van der Waals surface area contributed by atoms with E-state index in [-0.39, 0.29) is 6.07 Å². The first-order valence-electron chi connectivity index (χ1n) is 4.10. The van der Waals surface area contributed by atoms with Crippen LogP contribution in [0.1, 0.15) is 16.7 Å². The summed E-state index contributed by atoms with van der Waals surface area (Å²) in [6.45, 7) is 0. The molecule has 1 aromatic carbocycles. The van der Waals surface area contributed by atoms with Crippen molar-refractivity contribution < 1.29 is 26.3 Å². The Balaban J connectivity index is 3.63. The molecular weight excluding hydrogens is 293 g/mol. The maximum atomic E-state index is 12.6. The fraction of sp³-hybridized carbons (Fsp3) is 0.333. The molecule has 96 valence electrons. The van der Waals surface area contributed by atoms with E-state index in [1.165, 1.54) is 0 Å². The molecule has 0 aromatic heterocycles. The molecule has 0 amide bonds. The Morgan fingerprint density at radius 3 is 1.82 bits per heavy atom. The first-order chi connectivity index (χ1) is 7.57. The van der Waals surface area contributed by atoms with Crippen LogP contribution in [-0.4, -0.2) is 0 Å². The Kier molecular flexibility index (Phi) is 3.88. The molecule has 0 heterocycles. The molecule has 0 nitrogen and oxygen atoms in total. The Labute approximate surface area is 102 Å². The zero-order chi connectivity index (χ0) is 13.4. The van der Waals surface area contributed by atoms with Crippen LogP contribution in [0.25, 0.3) is 0 Å². The van der Waals surface area contributed by atoms with Crippen molar-refractivity contribution in [1.82, 2.24) is 0 Å². The van der Waals surface area contributed by atoms with E-state index in [9.17, 15) is 26.3 Å². The average Bonchev–Trinajstić information content (AvgIpc) is 2.12. The van der Waals surface area contributed by atoms with Crippen LogP contribution in [0.4, 0.5) is 26.3 Å². The third-order valence-corrected chi connectivity index (χ3v) is 2.42. The van der Waals surface area contributed by atoms with Gasteiger partial charge in [-0.2, -0.15) is 26.3 Å². The minimum Gasteiger partial charge on any atom is -0.166 e. The van der Waals surface area contributed by atoms with Gasteiger partial charge in [-0.1, -0.05) is 11.6 Å². The normalized spacial score (nSPS) is 12.9. The van der Waals surface area contributed by atoms with E-state index in [0.29, 0.717) is 0 Å². The number of alkyl halides is 7. The number of halogens is 8. The lowest BCUT2D eigenvalue weighted by Gasteiger charge is -2.18. The van der Waals surface area contributed by atoms with E-state index >= 15 is 0 Å². The van der Waals surface area contributed by atoms with Crippen LogP contribution in [0, 0.1) is 0 Å². The smallest absolute Gasteiger partial charge is 0.166 e. The molecule has 0 atom stereocenters. The van der Waals surface area contributed by atoms with Crippen molar-refractivity contribution in [2.24, 2.45) is 0 Å². The van der Waals surface area contributed by atoms with Crippen LogP contribution in [0.5, 0.6) is 0 Å². The predicted octanol–water partition coefficient (Wildman–Crippen LogP) is 5.12. The summed E-state index contributed by atoms with van der Waals surface area (Å²) in [6.07, 6.45) is -10.3. The van der Waals surface area contributed by atoms with Gasteiger partial charge in [-0.25, -0.2) is 0 Å². The molecule has 0 aliphatic heterocycles. The van der Waals surface area contributed by atoms with Crippen molar-refractivity contribution in [2.45, 2.75) is 18.2 Å². The molecule has 0 N–H and O–H groups in total. The average molecular weight is 297 g/mol. The minimum atomic E-state index is -5.14. The second-order valence-electron chi connectivity index (χ2n) is 3.12. The Morgan fingerprint density at radius 1 is 0.941 bits per heavy atom. The number of hydrogen-bond donors (Lipinski definition) is 0. The van der Waals surface area contributed by atoms with Crippen LogP contribution in [0.15, 0.2) is 12.1 Å². The molecule has 8 heteroatoms. The molecule has 1 aromatic rings. The Bertz CT molecular complexity index is 421. The predicted molar refractivity (Wildman–Crippen MR) is 51.0 cm³/mol. The van der Waals surface area contributed by atoms with E-state index < -0.39 is 39.9 Å². The van der Waals surface area contributed by atoms with Gasteiger partial charge >= 0.3 is 12.4 Å². The molecule has 0 fully saturated rings. The first-order valence-corrected chi connectivity index (χ1v) is 5.01. The third-order valence-electron chi connectivity index (χ3n) is 1.92. The number of benzene rings is 1. The molecule has 0 radical (unpaired) electrons. The van der Waals surface area contributed by atoms with Crippen molar-refractivity contribution >= 4 is 23.2 Å². The standard InChI is InChI=1S/C9H4Cl2F6/c10-3-4-1-5(11)2-6(8(12,13)14)7(4)9(15,16)17/h1-2H,3H2. The van der Waals surface area contributed by atoms with Crippen LogP contribution in [0.2, 0.25) is 5.02 Å². The first kappa shape index (κ1) is 14.4. The molecule has 0 saturated carbocycles. The van der Waals surface area contributed by atoms with Crippen LogP contribution in [0.3, 0.4) is 0 Å². The molecule has 1 rings (SSSR count). The minimum absolute atomic E-state index is 0.237. The summed E-state index contributed by atoms with van der Waals surface area (Å²) in [7, 11) is 0. The second kappa shape index (κ2) is 4.57. The van der Waals surface area contributed by atoms with Gasteiger partial charge in [0.25, 0.3) is 0 Å². The Morgan fingerprint density at radius 2 is 1.47 bits per heavy atom. The molecule has 0 aliphatic carbocycles. The molecule has 17 heavy (non-hydrogen) atoms. The lowest BCUT2D eigenvalue weighted by atomic mass is 10.0. The fourth-order valence-electron chi connectivity index (χ4n) is 1.33. The molecule has 0 aliphatic rings. The zero-order valence-electron chi connectivity index (χ0n) is 7.89. The van der Waals surface area contributed by atoms with Gasteiger partial charge in [-0.05, 0) is 17.7 Å². The maximum absolute atomic E-state index is 12.6. The summed E-state index contributed by atoms with van der Waals surface area (Å²) in [5.41, 5.74) is -4.31. The highest BCUT2D eigenvalue weighted by molar-refractivity contribution is 6.30. The SMILES string of the molecule is FC(F)(F)c1cc(Cl)cc(CCl)c1C(F)(F)F. The summed E-state index contributed by atoms with van der Waals surface area (Å²) in [4.78, 5) is 0. The van der Waals surface area contributed by atoms with Crippen LogP contribution < -0.4 is 0 Å². The fourth-order valence-corrected chi connectivity index (χ4v) is 1.78. The van der Waals surface area contributed by atoms with E-state index in [1.54, 1.807) is 0 Å². The van der Waals surface area contributed by atoms with Gasteiger partial charge in [0.1, 0.15) is 0 Å². The summed E-state index contributed by atoms with van der Waals surface area (Å²) in [5.74, 6) is -0.710. The van der Waals surface area contributed by atoms with E-state index in [4.69, 9.17) is 23.2 Å². The van der Waals surface area contributed by atoms with Crippen molar-refractivity contribution in [1.29, 1.82) is 0 Å². The summed E-state index contributed by atoms with van der Waals surface area (Å²) >= 11 is 10.5. The molecule has 0 unspecified atom stereocenters. The lowest BCUT2D eigenvalue weighted by molar-refractivity contribution is -0.162. The van der Waals surface area contributed by atoms with Crippen molar-refractivity contribution in [2.75, 3.05) is 0 Å². The van der Waals surface area contributed by atoms with Gasteiger partial charge in [0.05, 0.1) is 11.1 Å². The topological polar surface area (TPSA) is 0 Å². The molecule has 0 spiro atoms. The maximum Gasteiger partial charge on any atom is 0.417 e. The quantitative estimate of drug-likeness (QED) is 0.499. The summed E-state index contributed by atoms with van der Waals surface area (Å²) in [5, 5.41) is -0.444. The third kappa shape index (κ3) is 3.19. The van der Waals surface area contributed by atoms with Crippen LogP contribution >= 0.6 is 23.2 Å². The lowest BCUT2D eigenvalue weighted by Crippen LogP contribution is -2.18. The summed E-state index contributed by atoms with van der Waals surface area (Å²) < 4.78 is 75.1. The van der Waals surface area contributed by atoms with E-state index in [1.807, 2.05) is 0 Å². The van der Waals surface area contributed by atoms with E-state index in [0.717, 1.165) is 6.07 Å². The van der Waals surface area contributed by atoms with Crippen molar-refractivity contribution in [3.05, 3.63) is 33.8 Å². The van der Waals surface area contributed by atoms with Gasteiger partial charge in [0.2, 0.25) is 0 Å². The highest BCUT2D eigenvalue weighted by atomic mass is 35.5. The van der Waals surface area contributed by atoms with Gasteiger partial charge in [-0.3, -0.25) is 0 Å². The van der Waals surface area contributed by atoms with Gasteiger partial charge in [0, 0.05) is 10.9 Å². The van der Waals surface area contributed by atoms with Gasteiger partial charge in [0.15, 0.2) is 0 Å². The van der Waals surface area contributed by atoms with Crippen molar-refractivity contribution in [3.8, 4) is 0 Å². The number of rotatable bonds is 1. The zero-order valence-corrected chi connectivity index (χ0v) is 9.40. The molecule has 0 saturated heterocycles. The largest absolute Gasteiger partial charge is 0.417 e. The van der Waals surface area contributed by atoms with Crippen LogP contribution in [-0.2, 0) is 18.2 Å². The highest BCUT2D eigenvalue weighted by Gasteiger charge is 2.44. The number of hydrogen-bond acceptors (Lipinski definition) is 0. The monoisotopic (exact) mass is 296 g/mol. The second-order valence-corrected chi connectivity index (χ2v) is 3.82. The summed E-state index contributed by atoms with van der Waals surface area (Å²) in [6, 6.07) is 1.01. The van der Waals surface area contributed by atoms with Gasteiger partial charge < -0.3 is 0 Å². The molecule has 0 bridgehead atoms. The Hall–Kier alpha value is -0.620. The van der Waals surface area contributed by atoms with E-state index in [2.05, 4.69) is 0 Å². The highest BCUT2D eigenvalue weighted by Crippen LogP contribution is 2.43. The van der Waals surface area contributed by atoms with Gasteiger partial charge in [-0.15, -0.1) is 11.6 Å². The van der Waals surface area contributed by atoms with Crippen molar-refractivity contribution in [3.63, 3.8) is 0 Å².